The van der Waals surface area contributed by atoms with Crippen LogP contribution in [0.2, 0.25) is 0 Å². The molecule has 0 fully saturated rings. The largest absolute Gasteiger partial charge is 0.325 e. The van der Waals surface area contributed by atoms with E-state index in [0.717, 1.165) is 6.42 Å². The smallest absolute Gasteiger partial charge is 0.0317 e. The first-order valence-corrected chi connectivity index (χ1v) is 3.83. The van der Waals surface area contributed by atoms with E-state index in [1.54, 1.807) is 0 Å². The Morgan fingerprint density at radius 2 is 2.00 bits per heavy atom. The van der Waals surface area contributed by atoms with E-state index in [9.17, 15) is 0 Å². The predicted octanol–water partition coefficient (Wildman–Crippen LogP) is 1.90. The van der Waals surface area contributed by atoms with Crippen molar-refractivity contribution in [3.8, 4) is 0 Å². The molecule has 0 aromatic heterocycles. The molecule has 2 N–H and O–H groups in total. The van der Waals surface area contributed by atoms with Crippen molar-refractivity contribution in [3.05, 3.63) is 0 Å². The van der Waals surface area contributed by atoms with Crippen LogP contribution in [0.4, 0.5) is 0 Å². The third-order valence-corrected chi connectivity index (χ3v) is 2.99. The van der Waals surface area contributed by atoms with Crippen molar-refractivity contribution in [2.24, 2.45) is 5.73 Å². The van der Waals surface area contributed by atoms with Crippen LogP contribution >= 0.6 is 15.9 Å². The van der Waals surface area contributed by atoms with Crippen LogP contribution in [0.15, 0.2) is 0 Å². The highest BCUT2D eigenvalue weighted by Crippen LogP contribution is 2.16. The summed E-state index contributed by atoms with van der Waals surface area (Å²) in [4.78, 5) is 0.440. The molecule has 0 aromatic rings. The number of rotatable bonds is 2. The van der Waals surface area contributed by atoms with E-state index in [-0.39, 0.29) is 5.54 Å². The zero-order valence-corrected chi connectivity index (χ0v) is 7.33. The van der Waals surface area contributed by atoms with Crippen LogP contribution in [-0.4, -0.2) is 10.4 Å². The second-order valence-electron chi connectivity index (χ2n) is 2.70. The van der Waals surface area contributed by atoms with E-state index in [0.29, 0.717) is 4.83 Å². The molecule has 0 aliphatic rings. The van der Waals surface area contributed by atoms with Crippen molar-refractivity contribution in [3.63, 3.8) is 0 Å². The van der Waals surface area contributed by atoms with E-state index in [2.05, 4.69) is 22.9 Å². The molecule has 0 aromatic carbocycles. The first-order chi connectivity index (χ1) is 3.48. The highest BCUT2D eigenvalue weighted by atomic mass is 79.9. The van der Waals surface area contributed by atoms with Crippen LogP contribution in [0, 0.1) is 0 Å². The van der Waals surface area contributed by atoms with Crippen LogP contribution in [-0.2, 0) is 0 Å². The zero-order chi connectivity index (χ0) is 6.78. The minimum absolute atomic E-state index is 0.0747. The number of alkyl halides is 1. The standard InChI is InChI=1S/C6H14BrN/c1-4-5(7)6(2,3)8/h5H,4,8H2,1-3H3. The van der Waals surface area contributed by atoms with Crippen molar-refractivity contribution in [2.75, 3.05) is 0 Å². The first-order valence-electron chi connectivity index (χ1n) is 2.91. The van der Waals surface area contributed by atoms with Crippen LogP contribution in [0.1, 0.15) is 27.2 Å². The first kappa shape index (κ1) is 8.44. The third kappa shape index (κ3) is 2.68. The number of hydrogen-bond donors (Lipinski definition) is 1. The average Bonchev–Trinajstić information content (AvgIpc) is 1.62. The molecular formula is C6H14BrN. The van der Waals surface area contributed by atoms with Gasteiger partial charge in [0.1, 0.15) is 0 Å². The minimum atomic E-state index is -0.0747. The van der Waals surface area contributed by atoms with Crippen LogP contribution in [0.25, 0.3) is 0 Å². The monoisotopic (exact) mass is 179 g/mol. The Balaban J connectivity index is 3.62. The summed E-state index contributed by atoms with van der Waals surface area (Å²) in [6.45, 7) is 6.17. The Bertz CT molecular complexity index is 65.4. The maximum Gasteiger partial charge on any atom is 0.0317 e. The van der Waals surface area contributed by atoms with Gasteiger partial charge in [-0.2, -0.15) is 0 Å². The van der Waals surface area contributed by atoms with Crippen molar-refractivity contribution >= 4 is 15.9 Å². The molecule has 0 aliphatic carbocycles. The zero-order valence-electron chi connectivity index (χ0n) is 5.74. The molecule has 0 amide bonds. The Kier molecular flexibility index (Phi) is 2.99. The summed E-state index contributed by atoms with van der Waals surface area (Å²) in [5.41, 5.74) is 5.67. The van der Waals surface area contributed by atoms with Gasteiger partial charge in [0.15, 0.2) is 0 Å². The summed E-state index contributed by atoms with van der Waals surface area (Å²) < 4.78 is 0. The van der Waals surface area contributed by atoms with Gasteiger partial charge in [0.25, 0.3) is 0 Å². The SMILES string of the molecule is CCC(Br)C(C)(C)N. The van der Waals surface area contributed by atoms with Gasteiger partial charge in [-0.15, -0.1) is 0 Å². The lowest BCUT2D eigenvalue weighted by Crippen LogP contribution is -2.41. The molecule has 1 nitrogen and oxygen atoms in total. The molecule has 2 heteroatoms. The quantitative estimate of drug-likeness (QED) is 0.645. The van der Waals surface area contributed by atoms with Gasteiger partial charge in [-0.1, -0.05) is 22.9 Å². The number of hydrogen-bond acceptors (Lipinski definition) is 1. The maximum absolute atomic E-state index is 5.74. The van der Waals surface area contributed by atoms with E-state index in [4.69, 9.17) is 5.73 Å². The fraction of sp³-hybridized carbons (Fsp3) is 1.00. The van der Waals surface area contributed by atoms with Crippen molar-refractivity contribution in [1.82, 2.24) is 0 Å². The van der Waals surface area contributed by atoms with Crippen molar-refractivity contribution in [1.29, 1.82) is 0 Å². The van der Waals surface area contributed by atoms with Gasteiger partial charge in [0.05, 0.1) is 0 Å². The molecule has 0 aliphatic heterocycles. The molecule has 0 saturated heterocycles. The van der Waals surface area contributed by atoms with Gasteiger partial charge >= 0.3 is 0 Å². The lowest BCUT2D eigenvalue weighted by atomic mass is 10.0. The van der Waals surface area contributed by atoms with Crippen LogP contribution in [0.3, 0.4) is 0 Å². The third-order valence-electron chi connectivity index (χ3n) is 1.17. The normalized spacial score (nSPS) is 16.1. The average molecular weight is 180 g/mol. The van der Waals surface area contributed by atoms with Crippen molar-refractivity contribution < 1.29 is 0 Å². The summed E-state index contributed by atoms with van der Waals surface area (Å²) in [5, 5.41) is 0. The van der Waals surface area contributed by atoms with Gasteiger partial charge in [-0.25, -0.2) is 0 Å². The van der Waals surface area contributed by atoms with Gasteiger partial charge in [0.2, 0.25) is 0 Å². The molecule has 0 rings (SSSR count). The summed E-state index contributed by atoms with van der Waals surface area (Å²) in [7, 11) is 0. The molecule has 8 heavy (non-hydrogen) atoms. The number of halogens is 1. The summed E-state index contributed by atoms with van der Waals surface area (Å²) in [6.07, 6.45) is 1.09. The Labute approximate surface area is 59.8 Å². The Hall–Kier alpha value is 0.440. The molecular weight excluding hydrogens is 166 g/mol. The molecule has 0 saturated carbocycles. The molecule has 0 radical (unpaired) electrons. The molecule has 1 atom stereocenters. The summed E-state index contributed by atoms with van der Waals surface area (Å²) >= 11 is 3.47. The van der Waals surface area contributed by atoms with Gasteiger partial charge in [0, 0.05) is 10.4 Å². The molecule has 0 bridgehead atoms. The van der Waals surface area contributed by atoms with E-state index in [1.165, 1.54) is 0 Å². The van der Waals surface area contributed by atoms with E-state index >= 15 is 0 Å². The van der Waals surface area contributed by atoms with Crippen LogP contribution in [0.5, 0.6) is 0 Å². The minimum Gasteiger partial charge on any atom is -0.325 e. The molecule has 50 valence electrons. The Morgan fingerprint density at radius 1 is 1.62 bits per heavy atom. The predicted molar refractivity (Wildman–Crippen MR) is 41.3 cm³/mol. The van der Waals surface area contributed by atoms with Gasteiger partial charge in [-0.3, -0.25) is 0 Å². The van der Waals surface area contributed by atoms with Crippen molar-refractivity contribution in [2.45, 2.75) is 37.6 Å². The van der Waals surface area contributed by atoms with Gasteiger partial charge < -0.3 is 5.73 Å². The maximum atomic E-state index is 5.74. The fourth-order valence-electron chi connectivity index (χ4n) is 0.526. The van der Waals surface area contributed by atoms with E-state index in [1.807, 2.05) is 13.8 Å². The Morgan fingerprint density at radius 3 is 2.00 bits per heavy atom. The van der Waals surface area contributed by atoms with Crippen LogP contribution < -0.4 is 5.73 Å². The molecule has 0 spiro atoms. The van der Waals surface area contributed by atoms with Gasteiger partial charge in [-0.05, 0) is 20.3 Å². The molecule has 1 unspecified atom stereocenters. The topological polar surface area (TPSA) is 26.0 Å². The second-order valence-corrected chi connectivity index (χ2v) is 3.80. The highest BCUT2D eigenvalue weighted by Gasteiger charge is 2.19. The number of nitrogens with two attached hydrogens (primary N) is 1. The molecule has 0 heterocycles. The second kappa shape index (κ2) is 2.83. The lowest BCUT2D eigenvalue weighted by molar-refractivity contribution is 0.491. The fourth-order valence-corrected chi connectivity index (χ4v) is 0.526. The van der Waals surface area contributed by atoms with E-state index < -0.39 is 0 Å². The highest BCUT2D eigenvalue weighted by molar-refractivity contribution is 9.09. The lowest BCUT2D eigenvalue weighted by Gasteiger charge is -2.23. The summed E-state index contributed by atoms with van der Waals surface area (Å²) in [5.74, 6) is 0. The summed E-state index contributed by atoms with van der Waals surface area (Å²) in [6, 6.07) is 0.